The first-order valence-electron chi connectivity index (χ1n) is 7.03. The minimum Gasteiger partial charge on any atom is -0.451 e. The monoisotopic (exact) mass is 357 g/mol. The minimum absolute atomic E-state index is 0.240. The van der Waals surface area contributed by atoms with E-state index in [2.05, 4.69) is 34.2 Å². The molecule has 0 aliphatic carbocycles. The van der Waals surface area contributed by atoms with Crippen molar-refractivity contribution in [2.24, 2.45) is 0 Å². The van der Waals surface area contributed by atoms with Crippen LogP contribution in [0.2, 0.25) is 0 Å². The summed E-state index contributed by atoms with van der Waals surface area (Å²) in [7, 11) is 0. The van der Waals surface area contributed by atoms with Crippen LogP contribution < -0.4 is 5.32 Å². The topological polar surface area (TPSA) is 42.2 Å². The van der Waals surface area contributed by atoms with Gasteiger partial charge < -0.3 is 9.73 Å². The van der Waals surface area contributed by atoms with E-state index >= 15 is 0 Å². The van der Waals surface area contributed by atoms with Crippen molar-refractivity contribution in [1.82, 2.24) is 0 Å². The van der Waals surface area contributed by atoms with E-state index < -0.39 is 0 Å². The molecule has 112 valence electrons. The zero-order valence-corrected chi connectivity index (χ0v) is 14.2. The molecule has 0 spiro atoms. The van der Waals surface area contributed by atoms with Crippen molar-refractivity contribution >= 4 is 38.5 Å². The third-order valence-corrected chi connectivity index (χ3v) is 4.57. The van der Waals surface area contributed by atoms with Crippen molar-refractivity contribution in [3.8, 4) is 0 Å². The molecule has 0 aliphatic rings. The van der Waals surface area contributed by atoms with Gasteiger partial charge >= 0.3 is 0 Å². The van der Waals surface area contributed by atoms with Gasteiger partial charge in [0.05, 0.1) is 5.69 Å². The number of benzene rings is 2. The van der Waals surface area contributed by atoms with Gasteiger partial charge in [-0.3, -0.25) is 4.79 Å². The molecule has 2 aromatic carbocycles. The molecule has 0 atom stereocenters. The van der Waals surface area contributed by atoms with Gasteiger partial charge in [-0.25, -0.2) is 0 Å². The number of amides is 1. The molecule has 0 bridgehead atoms. The average Bonchev–Trinajstić information content (AvgIpc) is 2.79. The summed E-state index contributed by atoms with van der Waals surface area (Å²) in [4.78, 5) is 12.5. The molecule has 0 saturated heterocycles. The van der Waals surface area contributed by atoms with Crippen LogP contribution in [-0.2, 0) is 0 Å². The second-order valence-electron chi connectivity index (χ2n) is 5.42. The Labute approximate surface area is 137 Å². The molecule has 1 aromatic heterocycles. The van der Waals surface area contributed by atoms with Crippen LogP contribution in [0.3, 0.4) is 0 Å². The Morgan fingerprint density at radius 3 is 2.50 bits per heavy atom. The van der Waals surface area contributed by atoms with Gasteiger partial charge in [-0.1, -0.05) is 12.1 Å². The largest absolute Gasteiger partial charge is 0.451 e. The van der Waals surface area contributed by atoms with Crippen LogP contribution in [-0.4, -0.2) is 5.91 Å². The fourth-order valence-electron chi connectivity index (χ4n) is 2.43. The van der Waals surface area contributed by atoms with Crippen molar-refractivity contribution in [3.05, 3.63) is 63.3 Å². The van der Waals surface area contributed by atoms with Gasteiger partial charge in [0.15, 0.2) is 5.76 Å². The molecule has 3 aromatic rings. The van der Waals surface area contributed by atoms with Crippen molar-refractivity contribution in [2.45, 2.75) is 20.8 Å². The lowest BCUT2D eigenvalue weighted by Gasteiger charge is -2.05. The maximum atomic E-state index is 12.5. The van der Waals surface area contributed by atoms with E-state index in [1.807, 2.05) is 44.2 Å². The normalized spacial score (nSPS) is 10.9. The highest BCUT2D eigenvalue weighted by atomic mass is 79.9. The summed E-state index contributed by atoms with van der Waals surface area (Å²) < 4.78 is 6.62. The maximum Gasteiger partial charge on any atom is 0.291 e. The molecule has 0 fully saturated rings. The van der Waals surface area contributed by atoms with Crippen LogP contribution in [0.15, 0.2) is 45.3 Å². The molecular formula is C18H16BrNO2. The first kappa shape index (κ1) is 14.9. The summed E-state index contributed by atoms with van der Waals surface area (Å²) in [6.45, 7) is 6.01. The molecule has 1 N–H and O–H groups in total. The van der Waals surface area contributed by atoms with E-state index in [9.17, 15) is 4.79 Å². The van der Waals surface area contributed by atoms with Crippen LogP contribution >= 0.6 is 15.9 Å². The Kier molecular flexibility index (Phi) is 3.79. The number of carbonyl (C=O) groups is 1. The van der Waals surface area contributed by atoms with Crippen molar-refractivity contribution in [3.63, 3.8) is 0 Å². The van der Waals surface area contributed by atoms with Crippen molar-refractivity contribution in [1.29, 1.82) is 0 Å². The van der Waals surface area contributed by atoms with Crippen LogP contribution in [0.4, 0.5) is 5.69 Å². The third kappa shape index (κ3) is 2.55. The van der Waals surface area contributed by atoms with E-state index in [0.29, 0.717) is 5.76 Å². The van der Waals surface area contributed by atoms with Crippen LogP contribution in [0.1, 0.15) is 27.2 Å². The number of furan rings is 1. The smallest absolute Gasteiger partial charge is 0.291 e. The molecule has 3 rings (SSSR count). The van der Waals surface area contributed by atoms with Crippen LogP contribution in [0.25, 0.3) is 11.0 Å². The van der Waals surface area contributed by atoms with Gasteiger partial charge in [0.25, 0.3) is 5.91 Å². The lowest BCUT2D eigenvalue weighted by molar-refractivity contribution is 0.0998. The van der Waals surface area contributed by atoms with Gasteiger partial charge in [-0.15, -0.1) is 0 Å². The summed E-state index contributed by atoms with van der Waals surface area (Å²) in [5.74, 6) is 0.117. The highest BCUT2D eigenvalue weighted by molar-refractivity contribution is 9.10. The summed E-state index contributed by atoms with van der Waals surface area (Å²) in [6.07, 6.45) is 0. The Balaban J connectivity index is 2.01. The predicted molar refractivity (Wildman–Crippen MR) is 92.5 cm³/mol. The number of fused-ring (bicyclic) bond motifs is 1. The number of anilines is 1. The summed E-state index contributed by atoms with van der Waals surface area (Å²) in [5, 5.41) is 3.86. The first-order chi connectivity index (χ1) is 10.5. The molecule has 1 amide bonds. The Bertz CT molecular complexity index is 880. The SMILES string of the molecule is Cc1cc2oc(C(=O)Nc3ccccc3Br)c(C)c2cc1C. The maximum absolute atomic E-state index is 12.5. The molecule has 4 heteroatoms. The Morgan fingerprint density at radius 2 is 1.77 bits per heavy atom. The number of aryl methyl sites for hydroxylation is 3. The molecule has 22 heavy (non-hydrogen) atoms. The number of hydrogen-bond acceptors (Lipinski definition) is 2. The predicted octanol–water partition coefficient (Wildman–Crippen LogP) is 5.37. The summed E-state index contributed by atoms with van der Waals surface area (Å²) in [6, 6.07) is 11.5. The number of rotatable bonds is 2. The van der Waals surface area contributed by atoms with E-state index in [1.165, 1.54) is 5.56 Å². The van der Waals surface area contributed by atoms with Gasteiger partial charge in [0, 0.05) is 15.4 Å². The molecular weight excluding hydrogens is 342 g/mol. The third-order valence-electron chi connectivity index (χ3n) is 3.88. The lowest BCUT2D eigenvalue weighted by atomic mass is 10.1. The number of hydrogen-bond donors (Lipinski definition) is 1. The quantitative estimate of drug-likeness (QED) is 0.669. The zero-order chi connectivity index (χ0) is 15.9. The lowest BCUT2D eigenvalue weighted by Crippen LogP contribution is -2.12. The van der Waals surface area contributed by atoms with E-state index in [4.69, 9.17) is 4.42 Å². The molecule has 0 unspecified atom stereocenters. The first-order valence-corrected chi connectivity index (χ1v) is 7.83. The Hall–Kier alpha value is -2.07. The van der Waals surface area contributed by atoms with E-state index in [0.717, 1.165) is 32.3 Å². The van der Waals surface area contributed by atoms with Crippen molar-refractivity contribution in [2.75, 3.05) is 5.32 Å². The standard InChI is InChI=1S/C18H16BrNO2/c1-10-8-13-12(3)17(22-16(13)9-11(10)2)18(21)20-15-7-5-4-6-14(15)19/h4-9H,1-3H3,(H,20,21). The highest BCUT2D eigenvalue weighted by Gasteiger charge is 2.19. The fourth-order valence-corrected chi connectivity index (χ4v) is 2.82. The molecule has 0 saturated carbocycles. The van der Waals surface area contributed by atoms with Crippen LogP contribution in [0.5, 0.6) is 0 Å². The number of nitrogens with one attached hydrogen (secondary N) is 1. The second-order valence-corrected chi connectivity index (χ2v) is 6.28. The molecule has 0 radical (unpaired) electrons. The summed E-state index contributed by atoms with van der Waals surface area (Å²) >= 11 is 3.42. The Morgan fingerprint density at radius 1 is 1.09 bits per heavy atom. The van der Waals surface area contributed by atoms with Gasteiger partial charge in [0.1, 0.15) is 5.58 Å². The zero-order valence-electron chi connectivity index (χ0n) is 12.7. The van der Waals surface area contributed by atoms with Gasteiger partial charge in [-0.05, 0) is 72.1 Å². The molecule has 3 nitrogen and oxygen atoms in total. The minimum atomic E-state index is -0.240. The van der Waals surface area contributed by atoms with Crippen LogP contribution in [0, 0.1) is 20.8 Å². The van der Waals surface area contributed by atoms with E-state index in [1.54, 1.807) is 0 Å². The van der Waals surface area contributed by atoms with Crippen molar-refractivity contribution < 1.29 is 9.21 Å². The van der Waals surface area contributed by atoms with E-state index in [-0.39, 0.29) is 5.91 Å². The average molecular weight is 358 g/mol. The van der Waals surface area contributed by atoms with Gasteiger partial charge in [-0.2, -0.15) is 0 Å². The number of carbonyl (C=O) groups excluding carboxylic acids is 1. The van der Waals surface area contributed by atoms with Gasteiger partial charge in [0.2, 0.25) is 0 Å². The molecule has 0 aliphatic heterocycles. The fraction of sp³-hybridized carbons (Fsp3) is 0.167. The summed E-state index contributed by atoms with van der Waals surface area (Å²) in [5.41, 5.74) is 4.67. The second kappa shape index (κ2) is 5.61. The number of para-hydroxylation sites is 1. The highest BCUT2D eigenvalue weighted by Crippen LogP contribution is 2.29. The molecule has 1 heterocycles. The number of halogens is 1.